The zero-order chi connectivity index (χ0) is 16.6. The van der Waals surface area contributed by atoms with E-state index in [1.165, 1.54) is 5.56 Å². The number of allylic oxidation sites excluding steroid dienone is 2. The van der Waals surface area contributed by atoms with Crippen molar-refractivity contribution in [2.45, 2.75) is 27.3 Å². The van der Waals surface area contributed by atoms with Crippen LogP contribution >= 0.6 is 0 Å². The maximum absolute atomic E-state index is 4.70. The van der Waals surface area contributed by atoms with Crippen LogP contribution in [0.1, 0.15) is 24.0 Å². The SMILES string of the molecule is C=CCn1nc(C(=C)C)c2cc(-c3cnc(C)nc3)cc(C)c21. The number of fused-ring (bicyclic) bond motifs is 1. The van der Waals surface area contributed by atoms with E-state index < -0.39 is 0 Å². The van der Waals surface area contributed by atoms with Crippen molar-refractivity contribution in [1.29, 1.82) is 0 Å². The summed E-state index contributed by atoms with van der Waals surface area (Å²) in [7, 11) is 0. The second kappa shape index (κ2) is 5.80. The molecule has 3 aromatic rings. The largest absolute Gasteiger partial charge is 0.260 e. The van der Waals surface area contributed by atoms with Gasteiger partial charge in [0.05, 0.1) is 17.8 Å². The number of aryl methyl sites for hydroxylation is 2. The Morgan fingerprint density at radius 1 is 1.17 bits per heavy atom. The van der Waals surface area contributed by atoms with E-state index in [0.717, 1.165) is 39.1 Å². The molecular formula is C19H20N4. The van der Waals surface area contributed by atoms with Crippen molar-refractivity contribution in [2.75, 3.05) is 0 Å². The molecule has 0 aliphatic rings. The lowest BCUT2D eigenvalue weighted by Gasteiger charge is -2.07. The third-order valence-corrected chi connectivity index (χ3v) is 3.85. The molecule has 0 atom stereocenters. The Kier molecular flexibility index (Phi) is 3.82. The molecule has 0 saturated carbocycles. The summed E-state index contributed by atoms with van der Waals surface area (Å²) >= 11 is 0. The third kappa shape index (κ3) is 2.68. The number of hydrogen-bond acceptors (Lipinski definition) is 3. The lowest BCUT2D eigenvalue weighted by atomic mass is 10.0. The standard InChI is InChI=1S/C19H20N4/c1-6-7-23-19-13(4)8-15(16-10-20-14(5)21-11-16)9-17(19)18(22-23)12(2)3/h6,8-11H,1-2,7H2,3-5H3. The van der Waals surface area contributed by atoms with Crippen LogP contribution < -0.4 is 0 Å². The van der Waals surface area contributed by atoms with E-state index in [1.54, 1.807) is 0 Å². The maximum atomic E-state index is 4.70. The fraction of sp³-hybridized carbons (Fsp3) is 0.211. The van der Waals surface area contributed by atoms with Gasteiger partial charge in [-0.25, -0.2) is 9.97 Å². The fourth-order valence-electron chi connectivity index (χ4n) is 2.81. The molecule has 3 rings (SSSR count). The van der Waals surface area contributed by atoms with Crippen LogP contribution in [0.25, 0.3) is 27.6 Å². The highest BCUT2D eigenvalue weighted by Gasteiger charge is 2.14. The van der Waals surface area contributed by atoms with Crippen LogP contribution in [0.5, 0.6) is 0 Å². The highest BCUT2D eigenvalue weighted by Crippen LogP contribution is 2.31. The van der Waals surface area contributed by atoms with Crippen molar-refractivity contribution >= 4 is 16.5 Å². The van der Waals surface area contributed by atoms with Crippen molar-refractivity contribution in [3.63, 3.8) is 0 Å². The predicted molar refractivity (Wildman–Crippen MR) is 95.1 cm³/mol. The highest BCUT2D eigenvalue weighted by atomic mass is 15.3. The smallest absolute Gasteiger partial charge is 0.125 e. The molecule has 0 bridgehead atoms. The molecule has 0 unspecified atom stereocenters. The summed E-state index contributed by atoms with van der Waals surface area (Å²) in [6, 6.07) is 4.30. The van der Waals surface area contributed by atoms with Crippen molar-refractivity contribution in [3.05, 3.63) is 60.8 Å². The minimum Gasteiger partial charge on any atom is -0.260 e. The maximum Gasteiger partial charge on any atom is 0.125 e. The molecule has 0 spiro atoms. The first kappa shape index (κ1) is 15.2. The lowest BCUT2D eigenvalue weighted by molar-refractivity contribution is 0.723. The van der Waals surface area contributed by atoms with E-state index >= 15 is 0 Å². The number of nitrogens with zero attached hydrogens (tertiary/aromatic N) is 4. The summed E-state index contributed by atoms with van der Waals surface area (Å²) in [5.74, 6) is 0.771. The molecule has 0 N–H and O–H groups in total. The van der Waals surface area contributed by atoms with Gasteiger partial charge in [0.25, 0.3) is 0 Å². The van der Waals surface area contributed by atoms with E-state index in [0.29, 0.717) is 6.54 Å². The Bertz CT molecular complexity index is 901. The summed E-state index contributed by atoms with van der Waals surface area (Å²) < 4.78 is 1.98. The molecule has 0 fully saturated rings. The average molecular weight is 304 g/mol. The molecule has 2 heterocycles. The van der Waals surface area contributed by atoms with Crippen LogP contribution in [0.15, 0.2) is 43.8 Å². The predicted octanol–water partition coefficient (Wildman–Crippen LogP) is 4.33. The summed E-state index contributed by atoms with van der Waals surface area (Å²) in [4.78, 5) is 8.59. The minimum absolute atomic E-state index is 0.678. The fourth-order valence-corrected chi connectivity index (χ4v) is 2.81. The van der Waals surface area contributed by atoms with Crippen LogP contribution in [-0.4, -0.2) is 19.7 Å². The third-order valence-electron chi connectivity index (χ3n) is 3.85. The summed E-state index contributed by atoms with van der Waals surface area (Å²) in [5.41, 5.74) is 6.27. The Labute approximate surface area is 136 Å². The van der Waals surface area contributed by atoms with Crippen molar-refractivity contribution < 1.29 is 0 Å². The molecule has 0 aliphatic carbocycles. The van der Waals surface area contributed by atoms with E-state index in [2.05, 4.69) is 42.2 Å². The van der Waals surface area contributed by atoms with E-state index in [-0.39, 0.29) is 0 Å². The first-order valence-electron chi connectivity index (χ1n) is 7.58. The minimum atomic E-state index is 0.678. The monoisotopic (exact) mass is 304 g/mol. The average Bonchev–Trinajstić information content (AvgIpc) is 2.88. The molecule has 116 valence electrons. The lowest BCUT2D eigenvalue weighted by Crippen LogP contribution is -1.98. The van der Waals surface area contributed by atoms with Crippen LogP contribution in [-0.2, 0) is 6.54 Å². The van der Waals surface area contributed by atoms with Crippen molar-refractivity contribution in [3.8, 4) is 11.1 Å². The number of benzene rings is 1. The van der Waals surface area contributed by atoms with Gasteiger partial charge in [-0.15, -0.1) is 6.58 Å². The van der Waals surface area contributed by atoms with Crippen LogP contribution in [0.4, 0.5) is 0 Å². The van der Waals surface area contributed by atoms with Crippen LogP contribution in [0, 0.1) is 13.8 Å². The van der Waals surface area contributed by atoms with Gasteiger partial charge in [-0.05, 0) is 49.6 Å². The first-order chi connectivity index (χ1) is 11.0. The zero-order valence-corrected chi connectivity index (χ0v) is 13.8. The second-order valence-electron chi connectivity index (χ2n) is 5.81. The van der Waals surface area contributed by atoms with Gasteiger partial charge in [0.2, 0.25) is 0 Å². The van der Waals surface area contributed by atoms with Gasteiger partial charge < -0.3 is 0 Å². The molecule has 4 nitrogen and oxygen atoms in total. The summed E-state index contributed by atoms with van der Waals surface area (Å²) in [5, 5.41) is 5.81. The van der Waals surface area contributed by atoms with E-state index in [4.69, 9.17) is 5.10 Å². The van der Waals surface area contributed by atoms with Gasteiger partial charge in [0.1, 0.15) is 5.82 Å². The number of hydrogen-bond donors (Lipinski definition) is 0. The van der Waals surface area contributed by atoms with Gasteiger partial charge in [-0.2, -0.15) is 5.10 Å². The molecule has 2 aromatic heterocycles. The van der Waals surface area contributed by atoms with Gasteiger partial charge in [-0.3, -0.25) is 4.68 Å². The van der Waals surface area contributed by atoms with Crippen LogP contribution in [0.3, 0.4) is 0 Å². The Hall–Kier alpha value is -2.75. The Balaban J connectivity index is 2.28. The molecule has 1 aromatic carbocycles. The van der Waals surface area contributed by atoms with Gasteiger partial charge in [0.15, 0.2) is 0 Å². The molecule has 0 radical (unpaired) electrons. The second-order valence-corrected chi connectivity index (χ2v) is 5.81. The normalized spacial score (nSPS) is 10.9. The Morgan fingerprint density at radius 3 is 2.48 bits per heavy atom. The quantitative estimate of drug-likeness (QED) is 0.674. The van der Waals surface area contributed by atoms with Crippen molar-refractivity contribution in [2.24, 2.45) is 0 Å². The molecule has 0 amide bonds. The highest BCUT2D eigenvalue weighted by molar-refractivity contribution is 5.95. The summed E-state index contributed by atoms with van der Waals surface area (Å²) in [6.07, 6.45) is 5.57. The molecular weight excluding hydrogens is 284 g/mol. The molecule has 0 aliphatic heterocycles. The van der Waals surface area contributed by atoms with Gasteiger partial charge in [0, 0.05) is 23.3 Å². The first-order valence-corrected chi connectivity index (χ1v) is 7.58. The molecule has 23 heavy (non-hydrogen) atoms. The van der Waals surface area contributed by atoms with Gasteiger partial charge >= 0.3 is 0 Å². The molecule has 4 heteroatoms. The topological polar surface area (TPSA) is 43.6 Å². The zero-order valence-electron chi connectivity index (χ0n) is 13.8. The van der Waals surface area contributed by atoms with E-state index in [1.807, 2.05) is 37.0 Å². The summed E-state index contributed by atoms with van der Waals surface area (Å²) in [6.45, 7) is 14.5. The van der Waals surface area contributed by atoms with Crippen LogP contribution in [0.2, 0.25) is 0 Å². The Morgan fingerprint density at radius 2 is 1.87 bits per heavy atom. The number of rotatable bonds is 4. The molecule has 0 saturated heterocycles. The van der Waals surface area contributed by atoms with Crippen molar-refractivity contribution in [1.82, 2.24) is 19.7 Å². The van der Waals surface area contributed by atoms with E-state index in [9.17, 15) is 0 Å². The van der Waals surface area contributed by atoms with Gasteiger partial charge in [-0.1, -0.05) is 12.7 Å². The number of aromatic nitrogens is 4.